The molecule has 1 heterocycles. The standard InChI is InChI=1S/C14H15BrFN3/c1-9-6-11(16)3-2-10(9)4-5-19-14-12(15)7-18-8-13(14)17/h2-3,6-8H,4-5,17H2,1H3,(H,18,19). The molecule has 5 heteroatoms. The van der Waals surface area contributed by atoms with E-state index in [9.17, 15) is 4.39 Å². The molecular weight excluding hydrogens is 309 g/mol. The average molecular weight is 324 g/mol. The molecule has 0 aliphatic carbocycles. The monoisotopic (exact) mass is 323 g/mol. The molecule has 0 aliphatic heterocycles. The van der Waals surface area contributed by atoms with Gasteiger partial charge in [-0.1, -0.05) is 6.07 Å². The largest absolute Gasteiger partial charge is 0.396 e. The summed E-state index contributed by atoms with van der Waals surface area (Å²) < 4.78 is 13.8. The number of nitrogens with zero attached hydrogens (tertiary/aromatic N) is 1. The van der Waals surface area contributed by atoms with Crippen molar-refractivity contribution in [2.75, 3.05) is 17.6 Å². The number of nitrogens with two attached hydrogens (primary N) is 1. The van der Waals surface area contributed by atoms with E-state index in [2.05, 4.69) is 26.2 Å². The minimum Gasteiger partial charge on any atom is -0.396 e. The van der Waals surface area contributed by atoms with Gasteiger partial charge in [0.05, 0.1) is 22.0 Å². The molecule has 0 spiro atoms. The quantitative estimate of drug-likeness (QED) is 0.905. The van der Waals surface area contributed by atoms with Gasteiger partial charge in [-0.3, -0.25) is 4.98 Å². The summed E-state index contributed by atoms with van der Waals surface area (Å²) in [6.07, 6.45) is 4.11. The van der Waals surface area contributed by atoms with Gasteiger partial charge >= 0.3 is 0 Å². The van der Waals surface area contributed by atoms with E-state index >= 15 is 0 Å². The van der Waals surface area contributed by atoms with Gasteiger partial charge in [-0.25, -0.2) is 4.39 Å². The lowest BCUT2D eigenvalue weighted by molar-refractivity contribution is 0.625. The van der Waals surface area contributed by atoms with Crippen LogP contribution in [-0.2, 0) is 6.42 Å². The average Bonchev–Trinajstić information content (AvgIpc) is 2.35. The molecule has 100 valence electrons. The Morgan fingerprint density at radius 2 is 2.16 bits per heavy atom. The van der Waals surface area contributed by atoms with Gasteiger partial charge in [0.25, 0.3) is 0 Å². The molecule has 0 unspecified atom stereocenters. The Kier molecular flexibility index (Phi) is 4.37. The van der Waals surface area contributed by atoms with Crippen LogP contribution in [0.3, 0.4) is 0 Å². The van der Waals surface area contributed by atoms with Gasteiger partial charge in [0.2, 0.25) is 0 Å². The van der Waals surface area contributed by atoms with Gasteiger partial charge in [-0.05, 0) is 52.5 Å². The lowest BCUT2D eigenvalue weighted by atomic mass is 10.1. The molecule has 0 atom stereocenters. The van der Waals surface area contributed by atoms with Crippen molar-refractivity contribution in [2.24, 2.45) is 0 Å². The summed E-state index contributed by atoms with van der Waals surface area (Å²) in [6, 6.07) is 4.85. The Morgan fingerprint density at radius 3 is 2.84 bits per heavy atom. The van der Waals surface area contributed by atoms with E-state index in [1.807, 2.05) is 13.0 Å². The Bertz CT molecular complexity index is 567. The van der Waals surface area contributed by atoms with Crippen molar-refractivity contribution in [1.29, 1.82) is 0 Å². The fraction of sp³-hybridized carbons (Fsp3) is 0.214. The van der Waals surface area contributed by atoms with Gasteiger partial charge in [0, 0.05) is 12.7 Å². The van der Waals surface area contributed by atoms with Crippen LogP contribution in [0.15, 0.2) is 35.1 Å². The van der Waals surface area contributed by atoms with E-state index in [-0.39, 0.29) is 5.82 Å². The van der Waals surface area contributed by atoms with Crippen LogP contribution in [0.4, 0.5) is 15.8 Å². The molecule has 0 saturated carbocycles. The highest BCUT2D eigenvalue weighted by atomic mass is 79.9. The molecule has 3 N–H and O–H groups in total. The van der Waals surface area contributed by atoms with E-state index in [0.29, 0.717) is 5.69 Å². The van der Waals surface area contributed by atoms with Gasteiger partial charge in [0.1, 0.15) is 5.82 Å². The number of pyridine rings is 1. The van der Waals surface area contributed by atoms with Crippen molar-refractivity contribution in [2.45, 2.75) is 13.3 Å². The van der Waals surface area contributed by atoms with Crippen molar-refractivity contribution in [3.8, 4) is 0 Å². The van der Waals surface area contributed by atoms with Crippen molar-refractivity contribution < 1.29 is 4.39 Å². The van der Waals surface area contributed by atoms with Crippen molar-refractivity contribution in [3.63, 3.8) is 0 Å². The molecule has 0 fully saturated rings. The number of hydrogen-bond acceptors (Lipinski definition) is 3. The summed E-state index contributed by atoms with van der Waals surface area (Å²) in [6.45, 7) is 2.63. The molecule has 1 aromatic heterocycles. The Labute approximate surface area is 120 Å². The topological polar surface area (TPSA) is 50.9 Å². The summed E-state index contributed by atoms with van der Waals surface area (Å²) in [5.41, 5.74) is 9.37. The SMILES string of the molecule is Cc1cc(F)ccc1CCNc1c(N)cncc1Br. The van der Waals surface area contributed by atoms with Crippen LogP contribution >= 0.6 is 15.9 Å². The first kappa shape index (κ1) is 13.8. The third-order valence-electron chi connectivity index (χ3n) is 2.93. The van der Waals surface area contributed by atoms with Crippen LogP contribution in [0.5, 0.6) is 0 Å². The zero-order valence-corrected chi connectivity index (χ0v) is 12.2. The number of anilines is 2. The number of rotatable bonds is 4. The van der Waals surface area contributed by atoms with Crippen LogP contribution in [-0.4, -0.2) is 11.5 Å². The molecule has 0 amide bonds. The molecule has 0 aliphatic rings. The first-order valence-corrected chi connectivity index (χ1v) is 6.75. The summed E-state index contributed by atoms with van der Waals surface area (Å²) in [5.74, 6) is -0.199. The molecule has 0 saturated heterocycles. The minimum absolute atomic E-state index is 0.199. The molecule has 2 aromatic rings. The lowest BCUT2D eigenvalue weighted by Gasteiger charge is -2.11. The third-order valence-corrected chi connectivity index (χ3v) is 3.53. The predicted molar refractivity (Wildman–Crippen MR) is 79.7 cm³/mol. The number of aryl methyl sites for hydroxylation is 1. The number of benzene rings is 1. The van der Waals surface area contributed by atoms with E-state index in [0.717, 1.165) is 34.3 Å². The normalized spacial score (nSPS) is 10.5. The number of halogens is 2. The van der Waals surface area contributed by atoms with Crippen LogP contribution in [0, 0.1) is 12.7 Å². The molecule has 1 aromatic carbocycles. The van der Waals surface area contributed by atoms with Crippen LogP contribution < -0.4 is 11.1 Å². The van der Waals surface area contributed by atoms with Gasteiger partial charge in [-0.2, -0.15) is 0 Å². The molecule has 19 heavy (non-hydrogen) atoms. The van der Waals surface area contributed by atoms with Gasteiger partial charge < -0.3 is 11.1 Å². The van der Waals surface area contributed by atoms with Crippen LogP contribution in [0.1, 0.15) is 11.1 Å². The number of nitrogen functional groups attached to an aromatic ring is 1. The number of nitrogens with one attached hydrogen (secondary N) is 1. The predicted octanol–water partition coefficient (Wildman–Crippen LogP) is 3.53. The van der Waals surface area contributed by atoms with E-state index in [4.69, 9.17) is 5.73 Å². The maximum Gasteiger partial charge on any atom is 0.123 e. The lowest BCUT2D eigenvalue weighted by Crippen LogP contribution is -2.08. The third kappa shape index (κ3) is 3.44. The molecule has 0 radical (unpaired) electrons. The highest BCUT2D eigenvalue weighted by molar-refractivity contribution is 9.10. The first-order valence-electron chi connectivity index (χ1n) is 5.96. The van der Waals surface area contributed by atoms with Gasteiger partial charge in [0.15, 0.2) is 0 Å². The second kappa shape index (κ2) is 6.02. The Morgan fingerprint density at radius 1 is 1.37 bits per heavy atom. The van der Waals surface area contributed by atoms with Crippen molar-refractivity contribution in [3.05, 3.63) is 52.0 Å². The second-order valence-corrected chi connectivity index (χ2v) is 5.19. The number of aromatic nitrogens is 1. The van der Waals surface area contributed by atoms with Crippen LogP contribution in [0.2, 0.25) is 0 Å². The summed E-state index contributed by atoms with van der Waals surface area (Å²) in [4.78, 5) is 3.98. The first-order chi connectivity index (χ1) is 9.08. The van der Waals surface area contributed by atoms with Crippen molar-refractivity contribution >= 4 is 27.3 Å². The maximum atomic E-state index is 13.0. The Balaban J connectivity index is 2.00. The zero-order chi connectivity index (χ0) is 13.8. The molecule has 3 nitrogen and oxygen atoms in total. The second-order valence-electron chi connectivity index (χ2n) is 4.33. The molecule has 0 bridgehead atoms. The number of hydrogen-bond donors (Lipinski definition) is 2. The maximum absolute atomic E-state index is 13.0. The van der Waals surface area contributed by atoms with Crippen molar-refractivity contribution in [1.82, 2.24) is 4.98 Å². The fourth-order valence-corrected chi connectivity index (χ4v) is 2.39. The van der Waals surface area contributed by atoms with Crippen LogP contribution in [0.25, 0.3) is 0 Å². The summed E-state index contributed by atoms with van der Waals surface area (Å²) in [7, 11) is 0. The summed E-state index contributed by atoms with van der Waals surface area (Å²) >= 11 is 3.40. The smallest absolute Gasteiger partial charge is 0.123 e. The van der Waals surface area contributed by atoms with E-state index < -0.39 is 0 Å². The molecular formula is C14H15BrFN3. The van der Waals surface area contributed by atoms with Gasteiger partial charge in [-0.15, -0.1) is 0 Å². The zero-order valence-electron chi connectivity index (χ0n) is 10.6. The minimum atomic E-state index is -0.199. The molecule has 2 rings (SSSR count). The highest BCUT2D eigenvalue weighted by Gasteiger charge is 2.05. The summed E-state index contributed by atoms with van der Waals surface area (Å²) in [5, 5.41) is 3.27. The van der Waals surface area contributed by atoms with E-state index in [1.165, 1.54) is 6.07 Å². The Hall–Kier alpha value is -1.62. The fourth-order valence-electron chi connectivity index (χ4n) is 1.90. The van der Waals surface area contributed by atoms with E-state index in [1.54, 1.807) is 18.5 Å². The highest BCUT2D eigenvalue weighted by Crippen LogP contribution is 2.26.